The molecule has 0 bridgehead atoms. The first-order valence-corrected chi connectivity index (χ1v) is 18.1. The summed E-state index contributed by atoms with van der Waals surface area (Å²) in [5.74, 6) is -2.69. The zero-order valence-electron chi connectivity index (χ0n) is 28.7. The maximum atomic E-state index is 17.3. The summed E-state index contributed by atoms with van der Waals surface area (Å²) in [5.41, 5.74) is 1.88. The Morgan fingerprint density at radius 1 is 1.24 bits per heavy atom. The number of hydrogen-bond acceptors (Lipinski definition) is 11. The molecular weight excluding hydrogens is 739 g/mol. The van der Waals surface area contributed by atoms with Crippen LogP contribution in [0.1, 0.15) is 54.2 Å². The monoisotopic (exact) mass is 770 g/mol. The molecule has 6 heterocycles. The molecular formula is C36H32F6N8O3S. The lowest BCUT2D eigenvalue weighted by molar-refractivity contribution is -0.137. The quantitative estimate of drug-likeness (QED) is 0.165. The summed E-state index contributed by atoms with van der Waals surface area (Å²) >= 11 is 0.671. The van der Waals surface area contributed by atoms with E-state index in [-0.39, 0.29) is 76.2 Å². The first-order chi connectivity index (χ1) is 25.8. The van der Waals surface area contributed by atoms with Crippen molar-refractivity contribution in [1.82, 2.24) is 24.8 Å². The number of likely N-dealkylation sites (N-methyl/N-ethyl adjacent to an activating group) is 1. The van der Waals surface area contributed by atoms with E-state index in [4.69, 9.17) is 14.9 Å². The van der Waals surface area contributed by atoms with Gasteiger partial charge in [-0.25, -0.2) is 18.2 Å². The molecule has 0 spiro atoms. The van der Waals surface area contributed by atoms with Crippen LogP contribution >= 0.6 is 11.3 Å². The number of carbonyl (C=O) groups is 1. The Labute approximate surface area is 307 Å². The number of nitrogen functional groups attached to an aromatic ring is 1. The summed E-state index contributed by atoms with van der Waals surface area (Å²) in [4.78, 5) is 31.2. The number of carbonyl (C=O) groups excluding carboxylic acids is 1. The predicted octanol–water partition coefficient (Wildman–Crippen LogP) is 6.95. The number of rotatable bonds is 8. The Kier molecular flexibility index (Phi) is 8.83. The zero-order chi connectivity index (χ0) is 38.1. The fourth-order valence-corrected chi connectivity index (χ4v) is 9.31. The van der Waals surface area contributed by atoms with Gasteiger partial charge in [0.15, 0.2) is 17.9 Å². The molecule has 3 atom stereocenters. The molecule has 282 valence electrons. The minimum Gasteiger partial charge on any atom is -0.461 e. The SMILES string of the molecule is CCN(c1nc(OCC23CCCN2CC(F)C3)nc2c(F)c(-c3ccc(F)c4sc(N)c(C#N)c34)c(C(F)(F)F)cc12)C1CCN(C(=O)c2cocn2)C1. The Hall–Kier alpha value is -5.15. The summed E-state index contributed by atoms with van der Waals surface area (Å²) in [6.45, 7) is 3.25. The topological polar surface area (TPSA) is 138 Å². The molecule has 2 aromatic carbocycles. The molecule has 1 amide bonds. The summed E-state index contributed by atoms with van der Waals surface area (Å²) < 4.78 is 103. The highest BCUT2D eigenvalue weighted by Crippen LogP contribution is 2.48. The van der Waals surface area contributed by atoms with E-state index in [1.807, 2.05) is 11.0 Å². The first kappa shape index (κ1) is 35.9. The first-order valence-electron chi connectivity index (χ1n) is 17.3. The van der Waals surface area contributed by atoms with E-state index >= 15 is 17.6 Å². The van der Waals surface area contributed by atoms with Crippen LogP contribution in [0, 0.1) is 23.0 Å². The molecule has 3 unspecified atom stereocenters. The van der Waals surface area contributed by atoms with Crippen LogP contribution in [0.3, 0.4) is 0 Å². The van der Waals surface area contributed by atoms with E-state index in [1.54, 1.807) is 11.8 Å². The summed E-state index contributed by atoms with van der Waals surface area (Å²) in [6, 6.07) is 3.66. The maximum absolute atomic E-state index is 17.3. The fourth-order valence-electron chi connectivity index (χ4n) is 8.36. The molecule has 3 aliphatic rings. The number of nitrogens with two attached hydrogens (primary N) is 1. The second-order valence-corrected chi connectivity index (χ2v) is 14.9. The fraction of sp³-hybridized carbons (Fsp3) is 0.417. The molecule has 0 saturated carbocycles. The highest BCUT2D eigenvalue weighted by Gasteiger charge is 2.49. The van der Waals surface area contributed by atoms with Crippen molar-refractivity contribution >= 4 is 49.1 Å². The number of amides is 1. The van der Waals surface area contributed by atoms with Gasteiger partial charge in [0, 0.05) is 55.0 Å². The summed E-state index contributed by atoms with van der Waals surface area (Å²) in [6.07, 6.45) is -1.80. The summed E-state index contributed by atoms with van der Waals surface area (Å²) in [7, 11) is 0. The maximum Gasteiger partial charge on any atom is 0.417 e. The van der Waals surface area contributed by atoms with Gasteiger partial charge in [-0.15, -0.1) is 11.3 Å². The van der Waals surface area contributed by atoms with Gasteiger partial charge in [0.25, 0.3) is 5.91 Å². The number of aromatic nitrogens is 3. The number of benzene rings is 2. The summed E-state index contributed by atoms with van der Waals surface area (Å²) in [5, 5.41) is 9.20. The van der Waals surface area contributed by atoms with Crippen molar-refractivity contribution in [2.45, 2.75) is 56.5 Å². The molecule has 3 saturated heterocycles. The number of thiophene rings is 1. The number of nitriles is 1. The van der Waals surface area contributed by atoms with Crippen molar-refractivity contribution in [1.29, 1.82) is 5.26 Å². The van der Waals surface area contributed by atoms with Gasteiger partial charge in [0.1, 0.15) is 47.3 Å². The second kappa shape index (κ2) is 13.3. The smallest absolute Gasteiger partial charge is 0.417 e. The van der Waals surface area contributed by atoms with E-state index < -0.39 is 63.7 Å². The number of hydrogen-bond donors (Lipinski definition) is 1. The second-order valence-electron chi connectivity index (χ2n) is 13.8. The average molecular weight is 771 g/mol. The lowest BCUT2D eigenvalue weighted by Gasteiger charge is -2.32. The largest absolute Gasteiger partial charge is 0.461 e. The normalized spacial score (nSPS) is 21.6. The third kappa shape index (κ3) is 5.84. The Balaban J connectivity index is 1.31. The molecule has 5 aromatic rings. The van der Waals surface area contributed by atoms with Crippen LogP contribution < -0.4 is 15.4 Å². The van der Waals surface area contributed by atoms with Crippen molar-refractivity contribution in [3.05, 3.63) is 59.3 Å². The van der Waals surface area contributed by atoms with Crippen LogP contribution in [0.5, 0.6) is 6.01 Å². The van der Waals surface area contributed by atoms with E-state index in [0.717, 1.165) is 31.0 Å². The number of anilines is 2. The van der Waals surface area contributed by atoms with Gasteiger partial charge >= 0.3 is 12.2 Å². The van der Waals surface area contributed by atoms with Gasteiger partial charge in [0.2, 0.25) is 0 Å². The molecule has 0 radical (unpaired) electrons. The van der Waals surface area contributed by atoms with E-state index in [9.17, 15) is 18.8 Å². The van der Waals surface area contributed by atoms with Gasteiger partial charge in [-0.05, 0) is 50.4 Å². The lowest BCUT2D eigenvalue weighted by Crippen LogP contribution is -2.43. The Morgan fingerprint density at radius 2 is 2.06 bits per heavy atom. The van der Waals surface area contributed by atoms with Crippen molar-refractivity contribution in [3.8, 4) is 23.2 Å². The standard InChI is InChI=1S/C36H32F6N8O3S/c1-2-50(19-6-9-48(14-19)33(51)25-15-52-17-45-25)32-21-10-23(36(40,41)42)27(20-4-5-24(38)30-26(20)22(12-43)31(44)54-30)28(39)29(21)46-34(47-32)53-16-35-7-3-8-49(35)13-18(37)11-35/h4-5,10,15,17-19H,2-3,6-9,11,13-14,16,44H2,1H3. The molecule has 8 rings (SSSR count). The van der Waals surface area contributed by atoms with Gasteiger partial charge < -0.3 is 24.7 Å². The number of nitrogens with zero attached hydrogens (tertiary/aromatic N) is 7. The van der Waals surface area contributed by atoms with Gasteiger partial charge in [-0.2, -0.15) is 28.4 Å². The number of fused-ring (bicyclic) bond motifs is 3. The molecule has 3 fully saturated rings. The average Bonchev–Trinajstić information content (AvgIpc) is 3.97. The van der Waals surface area contributed by atoms with Gasteiger partial charge in [-0.3, -0.25) is 9.69 Å². The van der Waals surface area contributed by atoms with Crippen molar-refractivity contribution in [3.63, 3.8) is 0 Å². The minimum absolute atomic E-state index is 0.0404. The molecule has 0 aliphatic carbocycles. The molecule has 54 heavy (non-hydrogen) atoms. The highest BCUT2D eigenvalue weighted by molar-refractivity contribution is 7.23. The van der Waals surface area contributed by atoms with E-state index in [0.29, 0.717) is 37.3 Å². The third-order valence-corrected chi connectivity index (χ3v) is 11.8. The Morgan fingerprint density at radius 3 is 2.78 bits per heavy atom. The molecule has 3 aliphatic heterocycles. The number of ether oxygens (including phenoxy) is 1. The van der Waals surface area contributed by atoms with E-state index in [2.05, 4.69) is 15.0 Å². The number of halogens is 6. The minimum atomic E-state index is -5.15. The lowest BCUT2D eigenvalue weighted by atomic mass is 9.92. The third-order valence-electron chi connectivity index (χ3n) is 10.8. The number of likely N-dealkylation sites (tertiary alicyclic amines) is 1. The van der Waals surface area contributed by atoms with Crippen molar-refractivity contribution in [2.24, 2.45) is 0 Å². The van der Waals surface area contributed by atoms with Gasteiger partial charge in [-0.1, -0.05) is 6.07 Å². The van der Waals surface area contributed by atoms with Crippen molar-refractivity contribution in [2.75, 3.05) is 50.0 Å². The van der Waals surface area contributed by atoms with Crippen LogP contribution in [0.25, 0.3) is 32.1 Å². The molecule has 3 aromatic heterocycles. The number of oxazole rings is 1. The van der Waals surface area contributed by atoms with Gasteiger partial charge in [0.05, 0.1) is 21.4 Å². The van der Waals surface area contributed by atoms with Crippen LogP contribution in [-0.2, 0) is 6.18 Å². The van der Waals surface area contributed by atoms with Crippen molar-refractivity contribution < 1.29 is 40.3 Å². The Bertz CT molecular complexity index is 2330. The molecule has 18 heteroatoms. The van der Waals surface area contributed by atoms with Crippen LogP contribution in [0.2, 0.25) is 0 Å². The predicted molar refractivity (Wildman–Crippen MR) is 187 cm³/mol. The van der Waals surface area contributed by atoms with Crippen LogP contribution in [0.15, 0.2) is 35.3 Å². The van der Waals surface area contributed by atoms with Crippen LogP contribution in [0.4, 0.5) is 37.2 Å². The number of alkyl halides is 4. The zero-order valence-corrected chi connectivity index (χ0v) is 29.5. The van der Waals surface area contributed by atoms with Crippen LogP contribution in [-0.4, -0.2) is 87.7 Å². The highest BCUT2D eigenvalue weighted by atomic mass is 32.1. The van der Waals surface area contributed by atoms with E-state index in [1.165, 1.54) is 11.2 Å². The molecule has 2 N–H and O–H groups in total. The molecule has 11 nitrogen and oxygen atoms in total.